The van der Waals surface area contributed by atoms with Crippen molar-refractivity contribution in [2.24, 2.45) is 13.0 Å². The molecule has 182 valence electrons. The van der Waals surface area contributed by atoms with Crippen LogP contribution in [0.2, 0.25) is 0 Å². The van der Waals surface area contributed by atoms with Gasteiger partial charge in [0.05, 0.1) is 11.9 Å². The molecule has 35 heavy (non-hydrogen) atoms. The zero-order valence-electron chi connectivity index (χ0n) is 19.8. The quantitative estimate of drug-likeness (QED) is 0.452. The van der Waals surface area contributed by atoms with Crippen molar-refractivity contribution in [3.63, 3.8) is 0 Å². The fraction of sp³-hybridized carbons (Fsp3) is 0.308. The number of nitrogens with zero attached hydrogens (tertiary/aromatic N) is 2. The first-order valence-corrected chi connectivity index (χ1v) is 11.4. The lowest BCUT2D eigenvalue weighted by atomic mass is 9.98. The summed E-state index contributed by atoms with van der Waals surface area (Å²) in [6.45, 7) is 3.86. The SMILES string of the molecule is CC(C)CC(NC(=O)c1c(NC(=O)OCC2c3ccccc3-c3ccccc32)cnn1C)C(=O)O. The fourth-order valence-corrected chi connectivity index (χ4v) is 4.46. The van der Waals surface area contributed by atoms with Crippen LogP contribution in [0.25, 0.3) is 11.1 Å². The second-order valence-corrected chi connectivity index (χ2v) is 8.97. The van der Waals surface area contributed by atoms with Crippen LogP contribution in [0.1, 0.15) is 47.8 Å². The summed E-state index contributed by atoms with van der Waals surface area (Å²) in [6, 6.07) is 15.0. The monoisotopic (exact) mass is 476 g/mol. The van der Waals surface area contributed by atoms with Gasteiger partial charge in [0.2, 0.25) is 0 Å². The first-order valence-electron chi connectivity index (χ1n) is 11.4. The molecule has 1 atom stereocenters. The Morgan fingerprint density at radius 2 is 1.66 bits per heavy atom. The summed E-state index contributed by atoms with van der Waals surface area (Å²) < 4.78 is 6.83. The van der Waals surface area contributed by atoms with Gasteiger partial charge in [-0.15, -0.1) is 0 Å². The largest absolute Gasteiger partial charge is 0.480 e. The molecule has 9 heteroatoms. The van der Waals surface area contributed by atoms with E-state index in [4.69, 9.17) is 4.74 Å². The molecule has 0 saturated carbocycles. The number of hydrogen-bond acceptors (Lipinski definition) is 5. The van der Waals surface area contributed by atoms with Gasteiger partial charge in [-0.3, -0.25) is 14.8 Å². The van der Waals surface area contributed by atoms with E-state index in [2.05, 4.69) is 27.9 Å². The number of nitrogens with one attached hydrogen (secondary N) is 2. The Morgan fingerprint density at radius 3 is 2.23 bits per heavy atom. The van der Waals surface area contributed by atoms with Crippen molar-refractivity contribution in [2.75, 3.05) is 11.9 Å². The molecule has 2 amide bonds. The number of carbonyl (C=O) groups is 3. The standard InChI is InChI=1S/C26H28N4O5/c1-15(2)12-21(25(32)33)28-24(31)23-22(13-27-30(23)3)29-26(34)35-14-20-18-10-6-4-8-16(18)17-9-5-7-11-19(17)20/h4-11,13,15,20-21H,12,14H2,1-3H3,(H,28,31)(H,29,34)(H,32,33). The summed E-state index contributed by atoms with van der Waals surface area (Å²) in [5, 5.41) is 18.6. The molecule has 0 fully saturated rings. The number of anilines is 1. The lowest BCUT2D eigenvalue weighted by Gasteiger charge is -2.17. The van der Waals surface area contributed by atoms with Crippen LogP contribution >= 0.6 is 0 Å². The predicted molar refractivity (Wildman–Crippen MR) is 130 cm³/mol. The second-order valence-electron chi connectivity index (χ2n) is 8.97. The minimum Gasteiger partial charge on any atom is -0.480 e. The Morgan fingerprint density at radius 1 is 1.06 bits per heavy atom. The van der Waals surface area contributed by atoms with E-state index in [9.17, 15) is 19.5 Å². The van der Waals surface area contributed by atoms with Gasteiger partial charge in [0.15, 0.2) is 0 Å². The summed E-state index contributed by atoms with van der Waals surface area (Å²) in [7, 11) is 1.54. The van der Waals surface area contributed by atoms with Crippen LogP contribution in [0.15, 0.2) is 54.7 Å². The molecule has 1 aliphatic rings. The molecule has 0 aliphatic heterocycles. The number of ether oxygens (including phenoxy) is 1. The van der Waals surface area contributed by atoms with Crippen LogP contribution in [0, 0.1) is 5.92 Å². The van der Waals surface area contributed by atoms with Crippen molar-refractivity contribution in [2.45, 2.75) is 32.2 Å². The number of carbonyl (C=O) groups excluding carboxylic acids is 2. The third-order valence-electron chi connectivity index (χ3n) is 6.04. The molecule has 0 radical (unpaired) electrons. The maximum atomic E-state index is 12.8. The lowest BCUT2D eigenvalue weighted by molar-refractivity contribution is -0.139. The van der Waals surface area contributed by atoms with Crippen molar-refractivity contribution in [3.8, 4) is 11.1 Å². The van der Waals surface area contributed by atoms with Gasteiger partial charge in [0.25, 0.3) is 5.91 Å². The van der Waals surface area contributed by atoms with E-state index in [0.29, 0.717) is 0 Å². The number of aryl methyl sites for hydroxylation is 1. The number of carboxylic acids is 1. The molecule has 2 aromatic carbocycles. The van der Waals surface area contributed by atoms with Crippen LogP contribution in [0.5, 0.6) is 0 Å². The third-order valence-corrected chi connectivity index (χ3v) is 6.04. The maximum absolute atomic E-state index is 12.8. The highest BCUT2D eigenvalue weighted by atomic mass is 16.5. The topological polar surface area (TPSA) is 123 Å². The van der Waals surface area contributed by atoms with Crippen molar-refractivity contribution >= 4 is 23.7 Å². The molecule has 1 aromatic heterocycles. The molecule has 0 saturated heterocycles. The molecule has 3 N–H and O–H groups in total. The summed E-state index contributed by atoms with van der Waals surface area (Å²) in [6.07, 6.45) is 0.869. The number of hydrogen-bond donors (Lipinski definition) is 3. The van der Waals surface area contributed by atoms with E-state index < -0.39 is 24.0 Å². The van der Waals surface area contributed by atoms with Gasteiger partial charge in [-0.05, 0) is 34.6 Å². The zero-order chi connectivity index (χ0) is 25.1. The van der Waals surface area contributed by atoms with Crippen LogP contribution in [-0.2, 0) is 16.6 Å². The van der Waals surface area contributed by atoms with Gasteiger partial charge in [-0.1, -0.05) is 62.4 Å². The van der Waals surface area contributed by atoms with Gasteiger partial charge in [-0.25, -0.2) is 9.59 Å². The number of aliphatic carboxylic acids is 1. The smallest absolute Gasteiger partial charge is 0.411 e. The highest BCUT2D eigenvalue weighted by Crippen LogP contribution is 2.44. The third kappa shape index (κ3) is 5.03. The highest BCUT2D eigenvalue weighted by molar-refractivity contribution is 6.02. The lowest BCUT2D eigenvalue weighted by Crippen LogP contribution is -2.42. The summed E-state index contributed by atoms with van der Waals surface area (Å²) >= 11 is 0. The number of fused-ring (bicyclic) bond motifs is 3. The Bertz CT molecular complexity index is 1220. The molecule has 0 spiro atoms. The van der Waals surface area contributed by atoms with E-state index >= 15 is 0 Å². The summed E-state index contributed by atoms with van der Waals surface area (Å²) in [5.74, 6) is -1.80. The zero-order valence-corrected chi connectivity index (χ0v) is 19.8. The van der Waals surface area contributed by atoms with Gasteiger partial charge in [-0.2, -0.15) is 5.10 Å². The highest BCUT2D eigenvalue weighted by Gasteiger charge is 2.30. The van der Waals surface area contributed by atoms with Gasteiger partial charge in [0.1, 0.15) is 18.3 Å². The van der Waals surface area contributed by atoms with Crippen molar-refractivity contribution in [1.82, 2.24) is 15.1 Å². The first-order chi connectivity index (χ1) is 16.8. The molecule has 1 heterocycles. The second kappa shape index (κ2) is 10.0. The van der Waals surface area contributed by atoms with Crippen molar-refractivity contribution in [3.05, 3.63) is 71.5 Å². The Kier molecular flexibility index (Phi) is 6.86. The average Bonchev–Trinajstić information content (AvgIpc) is 3.34. The van der Waals surface area contributed by atoms with Gasteiger partial charge < -0.3 is 15.2 Å². The Hall–Kier alpha value is -4.14. The Labute approximate surface area is 203 Å². The average molecular weight is 477 g/mol. The Balaban J connectivity index is 1.45. The summed E-state index contributed by atoms with van der Waals surface area (Å²) in [4.78, 5) is 37.0. The van der Waals surface area contributed by atoms with Crippen LogP contribution in [-0.4, -0.2) is 45.5 Å². The number of rotatable bonds is 8. The molecular weight excluding hydrogens is 448 g/mol. The maximum Gasteiger partial charge on any atom is 0.411 e. The van der Waals surface area contributed by atoms with Crippen molar-refractivity contribution < 1.29 is 24.2 Å². The minimum absolute atomic E-state index is 0.0357. The van der Waals surface area contributed by atoms with Gasteiger partial charge >= 0.3 is 12.1 Å². The number of carboxylic acid groups (broad SMARTS) is 1. The molecule has 9 nitrogen and oxygen atoms in total. The summed E-state index contributed by atoms with van der Waals surface area (Å²) in [5.41, 5.74) is 4.60. The van der Waals surface area contributed by atoms with Crippen LogP contribution < -0.4 is 10.6 Å². The van der Waals surface area contributed by atoms with Crippen LogP contribution in [0.3, 0.4) is 0 Å². The van der Waals surface area contributed by atoms with Crippen molar-refractivity contribution in [1.29, 1.82) is 0 Å². The van der Waals surface area contributed by atoms with E-state index in [1.54, 1.807) is 0 Å². The molecule has 4 rings (SSSR count). The molecule has 0 bridgehead atoms. The van der Waals surface area contributed by atoms with E-state index in [-0.39, 0.29) is 36.2 Å². The molecular formula is C26H28N4O5. The molecule has 3 aromatic rings. The number of amides is 2. The van der Waals surface area contributed by atoms with Crippen LogP contribution in [0.4, 0.5) is 10.5 Å². The van der Waals surface area contributed by atoms with Gasteiger partial charge in [0, 0.05) is 13.0 Å². The minimum atomic E-state index is -1.12. The van der Waals surface area contributed by atoms with E-state index in [0.717, 1.165) is 22.3 Å². The normalized spacial score (nSPS) is 13.1. The first kappa shape index (κ1) is 24.0. The fourth-order valence-electron chi connectivity index (χ4n) is 4.46. The number of benzene rings is 2. The van der Waals surface area contributed by atoms with E-state index in [1.807, 2.05) is 50.2 Å². The molecule has 1 aliphatic carbocycles. The number of aromatic nitrogens is 2. The molecule has 1 unspecified atom stereocenters. The predicted octanol–water partition coefficient (Wildman–Crippen LogP) is 4.01. The van der Waals surface area contributed by atoms with E-state index in [1.165, 1.54) is 17.9 Å².